The first-order valence-corrected chi connectivity index (χ1v) is 8.57. The van der Waals surface area contributed by atoms with Crippen LogP contribution in [-0.4, -0.2) is 41.2 Å². The molecule has 1 unspecified atom stereocenters. The van der Waals surface area contributed by atoms with E-state index in [0.29, 0.717) is 12.1 Å². The summed E-state index contributed by atoms with van der Waals surface area (Å²) < 4.78 is 7.34. The van der Waals surface area contributed by atoms with E-state index in [0.717, 1.165) is 22.8 Å². The summed E-state index contributed by atoms with van der Waals surface area (Å²) in [6.07, 6.45) is 1.64. The molecular weight excluding hydrogens is 328 g/mol. The molecule has 0 aliphatic rings. The molecule has 3 aromatic rings. The molecule has 0 aliphatic heterocycles. The quantitative estimate of drug-likeness (QED) is 0.740. The molecule has 2 aromatic heterocycles. The number of hydrogen-bond donors (Lipinski definition) is 1. The van der Waals surface area contributed by atoms with E-state index in [1.807, 2.05) is 80.0 Å². The lowest BCUT2D eigenvalue weighted by molar-refractivity contribution is 0.0939. The molecule has 0 spiro atoms. The van der Waals surface area contributed by atoms with Crippen molar-refractivity contribution in [3.05, 3.63) is 71.4 Å². The molecule has 0 aliphatic carbocycles. The van der Waals surface area contributed by atoms with Gasteiger partial charge in [0.25, 0.3) is 5.91 Å². The highest BCUT2D eigenvalue weighted by Crippen LogP contribution is 2.18. The van der Waals surface area contributed by atoms with Crippen LogP contribution in [0.2, 0.25) is 0 Å². The molecule has 26 heavy (non-hydrogen) atoms. The predicted molar refractivity (Wildman–Crippen MR) is 101 cm³/mol. The van der Waals surface area contributed by atoms with E-state index in [1.54, 1.807) is 6.26 Å². The van der Waals surface area contributed by atoms with Crippen LogP contribution >= 0.6 is 0 Å². The Morgan fingerprint density at radius 1 is 1.23 bits per heavy atom. The lowest BCUT2D eigenvalue weighted by Crippen LogP contribution is -2.34. The molecular formula is C20H24N4O2. The summed E-state index contributed by atoms with van der Waals surface area (Å²) in [6.45, 7) is 4.45. The van der Waals surface area contributed by atoms with Crippen molar-refractivity contribution >= 4 is 5.91 Å². The number of benzene rings is 1. The number of likely N-dealkylation sites (N-methyl/N-ethyl adjacent to an activating group) is 1. The second-order valence-corrected chi connectivity index (χ2v) is 6.59. The van der Waals surface area contributed by atoms with Gasteiger partial charge in [0.2, 0.25) is 0 Å². The first-order valence-electron chi connectivity index (χ1n) is 8.57. The van der Waals surface area contributed by atoms with E-state index in [9.17, 15) is 4.79 Å². The third kappa shape index (κ3) is 3.86. The summed E-state index contributed by atoms with van der Waals surface area (Å²) in [7, 11) is 3.92. The van der Waals surface area contributed by atoms with Crippen LogP contribution in [0.15, 0.2) is 53.1 Å². The summed E-state index contributed by atoms with van der Waals surface area (Å²) in [5.74, 6) is 0.721. The Balaban J connectivity index is 1.67. The van der Waals surface area contributed by atoms with Gasteiger partial charge in [-0.2, -0.15) is 5.10 Å². The minimum atomic E-state index is -0.108. The number of carbonyl (C=O) groups excluding carboxylic acids is 1. The van der Waals surface area contributed by atoms with Crippen LogP contribution in [0.4, 0.5) is 0 Å². The zero-order valence-electron chi connectivity index (χ0n) is 15.6. The number of carbonyl (C=O) groups is 1. The molecule has 0 radical (unpaired) electrons. The standard InChI is InChI=1S/C20H24N4O2/c1-14-12-15(2)24(22-14)17-9-7-16(8-10-17)20(25)21-13-18(23(3)4)19-6-5-11-26-19/h5-12,18H,13H2,1-4H3,(H,21,25). The van der Waals surface area contributed by atoms with Crippen molar-refractivity contribution in [1.29, 1.82) is 0 Å². The molecule has 1 amide bonds. The van der Waals surface area contributed by atoms with E-state index < -0.39 is 0 Å². The Hall–Kier alpha value is -2.86. The van der Waals surface area contributed by atoms with Crippen molar-refractivity contribution < 1.29 is 9.21 Å². The van der Waals surface area contributed by atoms with Gasteiger partial charge in [0.1, 0.15) is 5.76 Å². The number of aryl methyl sites for hydroxylation is 2. The molecule has 0 saturated carbocycles. The summed E-state index contributed by atoms with van der Waals surface area (Å²) in [5.41, 5.74) is 3.59. The van der Waals surface area contributed by atoms with Gasteiger partial charge < -0.3 is 9.73 Å². The summed E-state index contributed by atoms with van der Waals surface area (Å²) in [4.78, 5) is 14.5. The molecule has 1 aromatic carbocycles. The van der Waals surface area contributed by atoms with Gasteiger partial charge in [0.15, 0.2) is 0 Å². The summed E-state index contributed by atoms with van der Waals surface area (Å²) in [5, 5.41) is 7.44. The van der Waals surface area contributed by atoms with Crippen LogP contribution in [0.25, 0.3) is 5.69 Å². The summed E-state index contributed by atoms with van der Waals surface area (Å²) >= 11 is 0. The predicted octanol–water partition coefficient (Wildman–Crippen LogP) is 3.11. The van der Waals surface area contributed by atoms with Gasteiger partial charge in [-0.1, -0.05) is 0 Å². The van der Waals surface area contributed by atoms with Crippen LogP contribution in [0.3, 0.4) is 0 Å². The molecule has 136 valence electrons. The number of furan rings is 1. The van der Waals surface area contributed by atoms with Crippen molar-refractivity contribution in [3.8, 4) is 5.69 Å². The van der Waals surface area contributed by atoms with Crippen molar-refractivity contribution in [1.82, 2.24) is 20.0 Å². The molecule has 6 nitrogen and oxygen atoms in total. The smallest absolute Gasteiger partial charge is 0.251 e. The van der Waals surface area contributed by atoms with Crippen molar-refractivity contribution in [2.75, 3.05) is 20.6 Å². The van der Waals surface area contributed by atoms with Crippen LogP contribution in [0.5, 0.6) is 0 Å². The molecule has 0 bridgehead atoms. The highest BCUT2D eigenvalue weighted by atomic mass is 16.3. The zero-order valence-corrected chi connectivity index (χ0v) is 15.6. The highest BCUT2D eigenvalue weighted by Gasteiger charge is 2.18. The van der Waals surface area contributed by atoms with E-state index in [-0.39, 0.29) is 11.9 Å². The van der Waals surface area contributed by atoms with Crippen molar-refractivity contribution in [2.24, 2.45) is 0 Å². The average molecular weight is 352 g/mol. The van der Waals surface area contributed by atoms with Gasteiger partial charge >= 0.3 is 0 Å². The number of hydrogen-bond acceptors (Lipinski definition) is 4. The Morgan fingerprint density at radius 3 is 2.50 bits per heavy atom. The number of amides is 1. The third-order valence-corrected chi connectivity index (χ3v) is 4.33. The highest BCUT2D eigenvalue weighted by molar-refractivity contribution is 5.94. The van der Waals surface area contributed by atoms with Crippen LogP contribution < -0.4 is 5.32 Å². The van der Waals surface area contributed by atoms with Gasteiger partial charge in [-0.3, -0.25) is 9.69 Å². The van der Waals surface area contributed by atoms with Crippen LogP contribution in [0, 0.1) is 13.8 Å². The second kappa shape index (κ2) is 7.58. The topological polar surface area (TPSA) is 63.3 Å². The SMILES string of the molecule is Cc1cc(C)n(-c2ccc(C(=O)NCC(c3ccco3)N(C)C)cc2)n1. The fourth-order valence-electron chi connectivity index (χ4n) is 2.95. The minimum absolute atomic E-state index is 0.0112. The largest absolute Gasteiger partial charge is 0.468 e. The normalized spacial score (nSPS) is 12.3. The Labute approximate surface area is 153 Å². The average Bonchev–Trinajstić information content (AvgIpc) is 3.24. The van der Waals surface area contributed by atoms with E-state index in [4.69, 9.17) is 4.42 Å². The van der Waals surface area contributed by atoms with Crippen molar-refractivity contribution in [3.63, 3.8) is 0 Å². The Bertz CT molecular complexity index is 864. The molecule has 1 N–H and O–H groups in total. The van der Waals surface area contributed by atoms with E-state index >= 15 is 0 Å². The van der Waals surface area contributed by atoms with E-state index in [2.05, 4.69) is 10.4 Å². The molecule has 1 atom stereocenters. The fraction of sp³-hybridized carbons (Fsp3) is 0.300. The van der Waals surface area contributed by atoms with Gasteiger partial charge in [-0.05, 0) is 70.4 Å². The number of nitrogens with zero attached hydrogens (tertiary/aromatic N) is 3. The number of rotatable bonds is 6. The van der Waals surface area contributed by atoms with E-state index in [1.165, 1.54) is 0 Å². The Kier molecular flexibility index (Phi) is 5.23. The van der Waals surface area contributed by atoms with Crippen LogP contribution in [0.1, 0.15) is 33.5 Å². The fourth-order valence-corrected chi connectivity index (χ4v) is 2.95. The molecule has 2 heterocycles. The molecule has 6 heteroatoms. The molecule has 0 saturated heterocycles. The Morgan fingerprint density at radius 2 is 1.96 bits per heavy atom. The third-order valence-electron chi connectivity index (χ3n) is 4.33. The first kappa shape index (κ1) is 17.9. The van der Waals surface area contributed by atoms with Gasteiger partial charge in [0, 0.05) is 17.8 Å². The maximum absolute atomic E-state index is 12.5. The second-order valence-electron chi connectivity index (χ2n) is 6.59. The zero-order chi connectivity index (χ0) is 18.7. The number of nitrogens with one attached hydrogen (secondary N) is 1. The van der Waals surface area contributed by atoms with Crippen molar-refractivity contribution in [2.45, 2.75) is 19.9 Å². The maximum atomic E-state index is 12.5. The lowest BCUT2D eigenvalue weighted by atomic mass is 10.1. The monoisotopic (exact) mass is 352 g/mol. The van der Waals surface area contributed by atoms with Gasteiger partial charge in [0.05, 0.1) is 23.7 Å². The number of aromatic nitrogens is 2. The van der Waals surface area contributed by atoms with Gasteiger partial charge in [-0.15, -0.1) is 0 Å². The summed E-state index contributed by atoms with van der Waals surface area (Å²) in [6, 6.07) is 13.2. The van der Waals surface area contributed by atoms with Gasteiger partial charge in [-0.25, -0.2) is 4.68 Å². The molecule has 3 rings (SSSR count). The maximum Gasteiger partial charge on any atom is 0.251 e. The van der Waals surface area contributed by atoms with Crippen LogP contribution in [-0.2, 0) is 0 Å². The lowest BCUT2D eigenvalue weighted by Gasteiger charge is -2.22. The first-order chi connectivity index (χ1) is 12.5. The molecule has 0 fully saturated rings. The minimum Gasteiger partial charge on any atom is -0.468 e.